The van der Waals surface area contributed by atoms with Gasteiger partial charge in [-0.15, -0.1) is 0 Å². The molecular weight excluding hydrogens is 222 g/mol. The van der Waals surface area contributed by atoms with Gasteiger partial charge in [0.25, 0.3) is 0 Å². The van der Waals surface area contributed by atoms with Crippen molar-refractivity contribution in [2.24, 2.45) is 11.7 Å². The minimum absolute atomic E-state index is 0.301. The summed E-state index contributed by atoms with van der Waals surface area (Å²) in [7, 11) is 0.756. The molecule has 0 aliphatic rings. The highest BCUT2D eigenvalue weighted by Gasteiger charge is 2.09. The lowest BCUT2D eigenvalue weighted by atomic mass is 10.2. The van der Waals surface area contributed by atoms with E-state index in [-0.39, 0.29) is 0 Å². The highest BCUT2D eigenvalue weighted by atomic mass is 32.2. The van der Waals surface area contributed by atoms with Crippen LogP contribution in [0.15, 0.2) is 24.3 Å². The molecule has 2 atom stereocenters. The Kier molecular flexibility index (Phi) is 5.49. The fourth-order valence-electron chi connectivity index (χ4n) is 1.44. The van der Waals surface area contributed by atoms with Crippen molar-refractivity contribution in [2.45, 2.75) is 12.7 Å². The van der Waals surface area contributed by atoms with Gasteiger partial charge in [-0.25, -0.2) is 0 Å². The zero-order valence-corrected chi connectivity index (χ0v) is 10.6. The van der Waals surface area contributed by atoms with E-state index in [1.54, 1.807) is 7.11 Å². The zero-order chi connectivity index (χ0) is 12.0. The first kappa shape index (κ1) is 13.2. The molecule has 1 rings (SSSR count). The van der Waals surface area contributed by atoms with Crippen molar-refractivity contribution in [3.8, 4) is 5.75 Å². The number of methoxy groups -OCH3 is 1. The van der Waals surface area contributed by atoms with Crippen molar-refractivity contribution in [2.75, 3.05) is 19.4 Å². The van der Waals surface area contributed by atoms with E-state index in [0.717, 1.165) is 11.3 Å². The lowest BCUT2D eigenvalue weighted by Gasteiger charge is -2.10. The van der Waals surface area contributed by atoms with Gasteiger partial charge in [-0.3, -0.25) is 4.21 Å². The van der Waals surface area contributed by atoms with Crippen LogP contribution in [0.4, 0.5) is 0 Å². The normalized spacial score (nSPS) is 14.4. The molecule has 2 unspecified atom stereocenters. The van der Waals surface area contributed by atoms with Gasteiger partial charge in [0, 0.05) is 22.1 Å². The van der Waals surface area contributed by atoms with Gasteiger partial charge in [0.2, 0.25) is 0 Å². The van der Waals surface area contributed by atoms with Crippen LogP contribution in [-0.4, -0.2) is 23.6 Å². The highest BCUT2D eigenvalue weighted by molar-refractivity contribution is 7.84. The summed E-state index contributed by atoms with van der Waals surface area (Å²) in [4.78, 5) is 0. The molecule has 2 N–H and O–H groups in total. The Morgan fingerprint density at radius 1 is 1.44 bits per heavy atom. The summed E-state index contributed by atoms with van der Waals surface area (Å²) in [6.45, 7) is 2.60. The Labute approximate surface area is 99.4 Å². The summed E-state index contributed by atoms with van der Waals surface area (Å²) >= 11 is 0. The minimum atomic E-state index is -0.873. The number of para-hydroxylation sites is 1. The molecule has 0 radical (unpaired) electrons. The molecule has 90 valence electrons. The first-order valence-corrected chi connectivity index (χ1v) is 6.83. The van der Waals surface area contributed by atoms with Crippen molar-refractivity contribution >= 4 is 10.8 Å². The van der Waals surface area contributed by atoms with Crippen LogP contribution in [0.5, 0.6) is 5.75 Å². The van der Waals surface area contributed by atoms with Crippen LogP contribution < -0.4 is 10.5 Å². The molecule has 0 aliphatic carbocycles. The molecule has 3 nitrogen and oxygen atoms in total. The Bertz CT molecular complexity index is 355. The van der Waals surface area contributed by atoms with E-state index < -0.39 is 10.8 Å². The number of hydrogen-bond acceptors (Lipinski definition) is 3. The minimum Gasteiger partial charge on any atom is -0.496 e. The van der Waals surface area contributed by atoms with Crippen LogP contribution in [0.2, 0.25) is 0 Å². The maximum Gasteiger partial charge on any atom is 0.122 e. The molecule has 0 saturated carbocycles. The van der Waals surface area contributed by atoms with Crippen LogP contribution in [0.25, 0.3) is 0 Å². The summed E-state index contributed by atoms with van der Waals surface area (Å²) in [6, 6.07) is 7.68. The van der Waals surface area contributed by atoms with E-state index in [1.807, 2.05) is 31.2 Å². The molecular formula is C12H19NO2S. The monoisotopic (exact) mass is 241 g/mol. The molecule has 1 aromatic rings. The van der Waals surface area contributed by atoms with Crippen molar-refractivity contribution in [3.63, 3.8) is 0 Å². The average Bonchev–Trinajstić information content (AvgIpc) is 2.29. The number of hydrogen-bond donors (Lipinski definition) is 1. The molecule has 0 aliphatic heterocycles. The Balaban J connectivity index is 2.62. The summed E-state index contributed by atoms with van der Waals surface area (Å²) in [5.41, 5.74) is 6.50. The molecule has 0 spiro atoms. The maximum atomic E-state index is 11.8. The second kappa shape index (κ2) is 6.66. The van der Waals surface area contributed by atoms with E-state index in [0.29, 0.717) is 24.0 Å². The van der Waals surface area contributed by atoms with Crippen molar-refractivity contribution < 1.29 is 8.95 Å². The Morgan fingerprint density at radius 3 is 2.75 bits per heavy atom. The van der Waals surface area contributed by atoms with Gasteiger partial charge in [-0.05, 0) is 18.5 Å². The molecule has 0 fully saturated rings. The quantitative estimate of drug-likeness (QED) is 0.822. The molecule has 16 heavy (non-hydrogen) atoms. The van der Waals surface area contributed by atoms with Crippen molar-refractivity contribution in [1.29, 1.82) is 0 Å². The Morgan fingerprint density at radius 2 is 2.12 bits per heavy atom. The van der Waals surface area contributed by atoms with Crippen LogP contribution in [0.3, 0.4) is 0 Å². The predicted molar refractivity (Wildman–Crippen MR) is 67.9 cm³/mol. The van der Waals surface area contributed by atoms with E-state index in [2.05, 4.69) is 0 Å². The van der Waals surface area contributed by atoms with Gasteiger partial charge in [0.15, 0.2) is 0 Å². The second-order valence-electron chi connectivity index (χ2n) is 3.90. The van der Waals surface area contributed by atoms with Gasteiger partial charge in [-0.1, -0.05) is 25.1 Å². The topological polar surface area (TPSA) is 52.3 Å². The fraction of sp³-hybridized carbons (Fsp3) is 0.500. The van der Waals surface area contributed by atoms with Gasteiger partial charge in [0.05, 0.1) is 12.9 Å². The van der Waals surface area contributed by atoms with Crippen LogP contribution in [0.1, 0.15) is 12.5 Å². The van der Waals surface area contributed by atoms with E-state index in [1.165, 1.54) is 0 Å². The van der Waals surface area contributed by atoms with E-state index in [9.17, 15) is 4.21 Å². The number of benzene rings is 1. The molecule has 0 amide bonds. The third-order valence-corrected chi connectivity index (χ3v) is 3.96. The lowest BCUT2D eigenvalue weighted by Crippen LogP contribution is -2.18. The van der Waals surface area contributed by atoms with Gasteiger partial charge >= 0.3 is 0 Å². The van der Waals surface area contributed by atoms with Crippen molar-refractivity contribution in [1.82, 2.24) is 0 Å². The first-order valence-electron chi connectivity index (χ1n) is 5.34. The Hall–Kier alpha value is -0.870. The predicted octanol–water partition coefficient (Wildman–Crippen LogP) is 1.54. The number of rotatable bonds is 6. The average molecular weight is 241 g/mol. The van der Waals surface area contributed by atoms with Gasteiger partial charge in [-0.2, -0.15) is 0 Å². The summed E-state index contributed by atoms with van der Waals surface area (Å²) < 4.78 is 17.1. The number of ether oxygens (including phenoxy) is 1. The fourth-order valence-corrected chi connectivity index (χ4v) is 2.91. The standard InChI is InChI=1S/C12H19NO2S/c1-10(7-13)8-16(14)9-11-5-3-4-6-12(11)15-2/h3-6,10H,7-9,13H2,1-2H3. The van der Waals surface area contributed by atoms with E-state index in [4.69, 9.17) is 10.5 Å². The SMILES string of the molecule is COc1ccccc1CS(=O)CC(C)CN. The molecule has 4 heteroatoms. The number of nitrogens with two attached hydrogens (primary N) is 1. The highest BCUT2D eigenvalue weighted by Crippen LogP contribution is 2.19. The molecule has 1 aromatic carbocycles. The van der Waals surface area contributed by atoms with Crippen molar-refractivity contribution in [3.05, 3.63) is 29.8 Å². The molecule has 0 saturated heterocycles. The van der Waals surface area contributed by atoms with Crippen LogP contribution in [-0.2, 0) is 16.6 Å². The van der Waals surface area contributed by atoms with Crippen LogP contribution >= 0.6 is 0 Å². The molecule has 0 aromatic heterocycles. The largest absolute Gasteiger partial charge is 0.496 e. The van der Waals surface area contributed by atoms with Gasteiger partial charge in [0.1, 0.15) is 5.75 Å². The maximum absolute atomic E-state index is 11.8. The summed E-state index contributed by atoms with van der Waals surface area (Å²) in [5, 5.41) is 0. The summed E-state index contributed by atoms with van der Waals surface area (Å²) in [5.74, 6) is 2.29. The second-order valence-corrected chi connectivity index (χ2v) is 5.41. The van der Waals surface area contributed by atoms with Crippen LogP contribution in [0, 0.1) is 5.92 Å². The lowest BCUT2D eigenvalue weighted by molar-refractivity contribution is 0.411. The summed E-state index contributed by atoms with van der Waals surface area (Å²) in [6.07, 6.45) is 0. The third kappa shape index (κ3) is 3.94. The smallest absolute Gasteiger partial charge is 0.122 e. The van der Waals surface area contributed by atoms with E-state index >= 15 is 0 Å². The first-order chi connectivity index (χ1) is 7.67. The zero-order valence-electron chi connectivity index (χ0n) is 9.81. The third-order valence-electron chi connectivity index (χ3n) is 2.38. The molecule has 0 bridgehead atoms. The van der Waals surface area contributed by atoms with Gasteiger partial charge < -0.3 is 10.5 Å². The molecule has 0 heterocycles.